The Morgan fingerprint density at radius 2 is 1.94 bits per heavy atom. The molecule has 2 amide bonds. The maximum absolute atomic E-state index is 12.8. The van der Waals surface area contributed by atoms with Crippen molar-refractivity contribution in [3.8, 4) is 11.5 Å². The van der Waals surface area contributed by atoms with Gasteiger partial charge in [0.05, 0.1) is 12.2 Å². The number of furan rings is 1. The van der Waals surface area contributed by atoms with Gasteiger partial charge in [-0.3, -0.25) is 19.3 Å². The van der Waals surface area contributed by atoms with Gasteiger partial charge in [0, 0.05) is 19.2 Å². The largest absolute Gasteiger partial charge is 0.485 e. The molecular weight excluding hydrogens is 436 g/mol. The molecule has 1 aromatic heterocycles. The fourth-order valence-electron chi connectivity index (χ4n) is 3.55. The minimum absolute atomic E-state index is 0.107. The second-order valence-corrected chi connectivity index (χ2v) is 8.06. The zero-order chi connectivity index (χ0) is 24.2. The monoisotopic (exact) mass is 462 g/mol. The highest BCUT2D eigenvalue weighted by Gasteiger charge is 2.28. The van der Waals surface area contributed by atoms with E-state index >= 15 is 0 Å². The van der Waals surface area contributed by atoms with Crippen LogP contribution in [0.2, 0.25) is 0 Å². The van der Waals surface area contributed by atoms with E-state index in [1.165, 1.54) is 9.80 Å². The van der Waals surface area contributed by atoms with Crippen molar-refractivity contribution in [3.63, 3.8) is 0 Å². The summed E-state index contributed by atoms with van der Waals surface area (Å²) in [4.78, 5) is 40.8. The zero-order valence-corrected chi connectivity index (χ0v) is 19.4. The van der Waals surface area contributed by atoms with Crippen LogP contribution in [-0.4, -0.2) is 49.3 Å². The van der Waals surface area contributed by atoms with Crippen LogP contribution in [0.3, 0.4) is 0 Å². The number of ether oxygens (including phenoxy) is 2. The molecule has 0 unspecified atom stereocenters. The molecule has 1 aliphatic rings. The summed E-state index contributed by atoms with van der Waals surface area (Å²) in [5.41, 5.74) is 1.90. The van der Waals surface area contributed by atoms with Crippen LogP contribution in [0.25, 0.3) is 0 Å². The Labute approximate surface area is 197 Å². The van der Waals surface area contributed by atoms with E-state index in [2.05, 4.69) is 0 Å². The number of rotatable bonds is 8. The van der Waals surface area contributed by atoms with Gasteiger partial charge in [-0.25, -0.2) is 0 Å². The normalized spacial score (nSPS) is 12.7. The molecule has 0 saturated carbocycles. The number of aryl methyl sites for hydroxylation is 1. The average Bonchev–Trinajstić information content (AvgIpc) is 3.31. The van der Waals surface area contributed by atoms with Gasteiger partial charge in [-0.2, -0.15) is 0 Å². The third kappa shape index (κ3) is 4.96. The van der Waals surface area contributed by atoms with Crippen molar-refractivity contribution in [3.05, 3.63) is 77.2 Å². The lowest BCUT2D eigenvalue weighted by atomic mass is 10.1. The van der Waals surface area contributed by atoms with Crippen molar-refractivity contribution >= 4 is 23.3 Å². The van der Waals surface area contributed by atoms with Crippen molar-refractivity contribution in [2.45, 2.75) is 20.4 Å². The Hall–Kier alpha value is -4.07. The van der Waals surface area contributed by atoms with E-state index in [1.807, 2.05) is 32.0 Å². The minimum atomic E-state index is -0.275. The molecule has 0 fully saturated rings. The molecule has 1 aliphatic heterocycles. The maximum atomic E-state index is 12.8. The SMILES string of the molecule is CCN(C)C(=O)c1ccc(CN2C(=O)COc3ccc(C(=O)COc4cccc(C)c4)cc32)o1. The van der Waals surface area contributed by atoms with Crippen molar-refractivity contribution in [2.24, 2.45) is 0 Å². The summed E-state index contributed by atoms with van der Waals surface area (Å²) in [5, 5.41) is 0. The zero-order valence-electron chi connectivity index (χ0n) is 19.4. The molecule has 0 spiro atoms. The second kappa shape index (κ2) is 9.82. The van der Waals surface area contributed by atoms with E-state index in [0.717, 1.165) is 5.56 Å². The fourth-order valence-corrected chi connectivity index (χ4v) is 3.55. The fraction of sp³-hybridized carbons (Fsp3) is 0.269. The van der Waals surface area contributed by atoms with Gasteiger partial charge in [0.2, 0.25) is 0 Å². The van der Waals surface area contributed by atoms with Gasteiger partial charge >= 0.3 is 0 Å². The van der Waals surface area contributed by atoms with Crippen LogP contribution in [0.15, 0.2) is 59.0 Å². The molecule has 8 nitrogen and oxygen atoms in total. The highest BCUT2D eigenvalue weighted by atomic mass is 16.5. The molecule has 0 atom stereocenters. The lowest BCUT2D eigenvalue weighted by Gasteiger charge is -2.29. The molecule has 176 valence electrons. The van der Waals surface area contributed by atoms with Gasteiger partial charge in [-0.15, -0.1) is 0 Å². The Morgan fingerprint density at radius 1 is 1.12 bits per heavy atom. The number of benzene rings is 2. The molecule has 0 aliphatic carbocycles. The number of carbonyl (C=O) groups is 3. The number of fused-ring (bicyclic) bond motifs is 1. The van der Waals surface area contributed by atoms with Gasteiger partial charge in [0.15, 0.2) is 24.8 Å². The molecule has 0 bridgehead atoms. The van der Waals surface area contributed by atoms with E-state index in [1.54, 1.807) is 43.4 Å². The Bertz CT molecular complexity index is 1230. The van der Waals surface area contributed by atoms with Crippen molar-refractivity contribution < 1.29 is 28.3 Å². The summed E-state index contributed by atoms with van der Waals surface area (Å²) >= 11 is 0. The topological polar surface area (TPSA) is 89.3 Å². The predicted octanol–water partition coefficient (Wildman–Crippen LogP) is 3.87. The van der Waals surface area contributed by atoms with Crippen LogP contribution < -0.4 is 14.4 Å². The molecule has 2 heterocycles. The van der Waals surface area contributed by atoms with Crippen LogP contribution in [0.4, 0.5) is 5.69 Å². The molecule has 3 aromatic rings. The molecule has 2 aromatic carbocycles. The van der Waals surface area contributed by atoms with Gasteiger partial charge in [-0.1, -0.05) is 12.1 Å². The first-order chi connectivity index (χ1) is 16.4. The van der Waals surface area contributed by atoms with Crippen LogP contribution in [0.5, 0.6) is 11.5 Å². The molecule has 0 N–H and O–H groups in total. The standard InChI is InChI=1S/C26H26N2O6/c1-4-27(3)26(31)24-11-9-20(34-24)14-28-21-13-18(8-10-23(21)33-16-25(28)30)22(29)15-32-19-7-5-6-17(2)12-19/h5-13H,4,14-16H2,1-3H3. The number of hydrogen-bond acceptors (Lipinski definition) is 6. The highest BCUT2D eigenvalue weighted by molar-refractivity contribution is 6.02. The van der Waals surface area contributed by atoms with Gasteiger partial charge < -0.3 is 18.8 Å². The van der Waals surface area contributed by atoms with E-state index in [4.69, 9.17) is 13.9 Å². The summed E-state index contributed by atoms with van der Waals surface area (Å²) in [6, 6.07) is 15.7. The first-order valence-electron chi connectivity index (χ1n) is 11.0. The highest BCUT2D eigenvalue weighted by Crippen LogP contribution is 2.34. The lowest BCUT2D eigenvalue weighted by Crippen LogP contribution is -2.38. The Kier molecular flexibility index (Phi) is 6.67. The van der Waals surface area contributed by atoms with E-state index in [9.17, 15) is 14.4 Å². The average molecular weight is 463 g/mol. The van der Waals surface area contributed by atoms with Crippen molar-refractivity contribution in [1.29, 1.82) is 0 Å². The number of anilines is 1. The Balaban J connectivity index is 1.52. The van der Waals surface area contributed by atoms with Gasteiger partial charge in [0.25, 0.3) is 11.8 Å². The number of Topliss-reactive ketones (excluding diaryl/α,β-unsaturated/α-hetero) is 1. The molecule has 8 heteroatoms. The van der Waals surface area contributed by atoms with Crippen molar-refractivity contribution in [1.82, 2.24) is 4.90 Å². The first kappa shape index (κ1) is 23.1. The molecule has 34 heavy (non-hydrogen) atoms. The summed E-state index contributed by atoms with van der Waals surface area (Å²) in [6.45, 7) is 4.22. The van der Waals surface area contributed by atoms with Crippen molar-refractivity contribution in [2.75, 3.05) is 31.7 Å². The maximum Gasteiger partial charge on any atom is 0.289 e. The number of amides is 2. The van der Waals surface area contributed by atoms with Gasteiger partial charge in [-0.05, 0) is 61.9 Å². The summed E-state index contributed by atoms with van der Waals surface area (Å²) < 4.78 is 16.9. The van der Waals surface area contributed by atoms with Crippen LogP contribution in [0.1, 0.15) is 39.2 Å². The quantitative estimate of drug-likeness (QED) is 0.472. The number of nitrogens with zero attached hydrogens (tertiary/aromatic N) is 2. The number of hydrogen-bond donors (Lipinski definition) is 0. The summed E-state index contributed by atoms with van der Waals surface area (Å²) in [5.74, 6) is 1.03. The third-order valence-electron chi connectivity index (χ3n) is 5.59. The summed E-state index contributed by atoms with van der Waals surface area (Å²) in [6.07, 6.45) is 0. The molecular formula is C26H26N2O6. The smallest absolute Gasteiger partial charge is 0.289 e. The van der Waals surface area contributed by atoms with E-state index in [-0.39, 0.29) is 43.1 Å². The third-order valence-corrected chi connectivity index (χ3v) is 5.59. The second-order valence-electron chi connectivity index (χ2n) is 8.06. The predicted molar refractivity (Wildman–Crippen MR) is 125 cm³/mol. The number of carbonyl (C=O) groups excluding carboxylic acids is 3. The molecule has 0 saturated heterocycles. The van der Waals surface area contributed by atoms with Gasteiger partial charge in [0.1, 0.15) is 17.3 Å². The molecule has 4 rings (SSSR count). The Morgan fingerprint density at radius 3 is 2.71 bits per heavy atom. The summed E-state index contributed by atoms with van der Waals surface area (Å²) in [7, 11) is 1.69. The van der Waals surface area contributed by atoms with Crippen LogP contribution in [-0.2, 0) is 11.3 Å². The van der Waals surface area contributed by atoms with E-state index in [0.29, 0.717) is 35.1 Å². The van der Waals surface area contributed by atoms with Crippen LogP contribution >= 0.6 is 0 Å². The number of ketones is 1. The van der Waals surface area contributed by atoms with E-state index < -0.39 is 0 Å². The van der Waals surface area contributed by atoms with Crippen LogP contribution in [0, 0.1) is 6.92 Å². The first-order valence-corrected chi connectivity index (χ1v) is 11.0. The lowest BCUT2D eigenvalue weighted by molar-refractivity contribution is -0.121. The minimum Gasteiger partial charge on any atom is -0.485 e. The molecule has 0 radical (unpaired) electrons.